The van der Waals surface area contributed by atoms with E-state index in [9.17, 15) is 0 Å². The highest BCUT2D eigenvalue weighted by Crippen LogP contribution is 2.15. The van der Waals surface area contributed by atoms with Crippen LogP contribution in [0.1, 0.15) is 11.8 Å². The maximum atomic E-state index is 5.72. The lowest BCUT2D eigenvalue weighted by atomic mass is 10.2. The van der Waals surface area contributed by atoms with Gasteiger partial charge in [0.2, 0.25) is 0 Å². The molecule has 0 aliphatic rings. The number of benzene rings is 1. The van der Waals surface area contributed by atoms with E-state index in [1.165, 1.54) is 4.88 Å². The summed E-state index contributed by atoms with van der Waals surface area (Å²) in [5, 5.41) is 2.13. The van der Waals surface area contributed by atoms with E-state index in [-0.39, 0.29) is 0 Å². The molecule has 0 bridgehead atoms. The summed E-state index contributed by atoms with van der Waals surface area (Å²) in [6, 6.07) is 12.4. The molecule has 1 atom stereocenters. The first-order valence-electron chi connectivity index (χ1n) is 6.86. The first-order valence-corrected chi connectivity index (χ1v) is 7.74. The Hall–Kier alpha value is -1.52. The van der Waals surface area contributed by atoms with E-state index in [2.05, 4.69) is 36.4 Å². The molecule has 2 N–H and O–H groups in total. The number of nitrogens with two attached hydrogens (primary N) is 1. The summed E-state index contributed by atoms with van der Waals surface area (Å²) in [6.45, 7) is 3.86. The zero-order valence-electron chi connectivity index (χ0n) is 12.1. The van der Waals surface area contributed by atoms with Gasteiger partial charge < -0.3 is 10.5 Å². The van der Waals surface area contributed by atoms with E-state index < -0.39 is 0 Å². The van der Waals surface area contributed by atoms with Crippen LogP contribution in [0.15, 0.2) is 41.8 Å². The Labute approximate surface area is 125 Å². The standard InChI is InChI=1S/C16H22N2OS/c1-13(12-16-4-3-11-20-16)18(2)9-10-19-15-7-5-14(17)6-8-15/h3-8,11,13H,9-10,12,17H2,1-2H3. The zero-order chi connectivity index (χ0) is 14.4. The van der Waals surface area contributed by atoms with E-state index in [0.29, 0.717) is 12.6 Å². The second kappa shape index (κ2) is 7.31. The number of likely N-dealkylation sites (N-methyl/N-ethyl adjacent to an activating group) is 1. The molecule has 2 rings (SSSR count). The van der Waals surface area contributed by atoms with Crippen LogP contribution in [-0.4, -0.2) is 31.1 Å². The van der Waals surface area contributed by atoms with Crippen molar-refractivity contribution in [3.05, 3.63) is 46.7 Å². The topological polar surface area (TPSA) is 38.5 Å². The molecule has 1 aromatic heterocycles. The average Bonchev–Trinajstić information content (AvgIpc) is 2.93. The van der Waals surface area contributed by atoms with E-state index in [1.807, 2.05) is 35.6 Å². The summed E-state index contributed by atoms with van der Waals surface area (Å²) >= 11 is 1.82. The van der Waals surface area contributed by atoms with Gasteiger partial charge in [0.15, 0.2) is 0 Å². The van der Waals surface area contributed by atoms with Crippen LogP contribution in [0.5, 0.6) is 5.75 Å². The fourth-order valence-corrected chi connectivity index (χ4v) is 2.79. The number of anilines is 1. The molecular weight excluding hydrogens is 268 g/mol. The molecule has 0 amide bonds. The number of hydrogen-bond acceptors (Lipinski definition) is 4. The maximum Gasteiger partial charge on any atom is 0.119 e. The number of nitrogen functional groups attached to an aromatic ring is 1. The molecule has 0 fully saturated rings. The van der Waals surface area contributed by atoms with Crippen LogP contribution in [0.4, 0.5) is 5.69 Å². The summed E-state index contributed by atoms with van der Waals surface area (Å²) in [4.78, 5) is 3.76. The molecule has 20 heavy (non-hydrogen) atoms. The molecule has 2 aromatic rings. The van der Waals surface area contributed by atoms with Crippen molar-refractivity contribution < 1.29 is 4.74 Å². The van der Waals surface area contributed by atoms with Gasteiger partial charge in [-0.2, -0.15) is 0 Å². The second-order valence-corrected chi connectivity index (χ2v) is 6.06. The van der Waals surface area contributed by atoms with Crippen molar-refractivity contribution in [1.82, 2.24) is 4.90 Å². The van der Waals surface area contributed by atoms with Crippen LogP contribution in [-0.2, 0) is 6.42 Å². The third-order valence-electron chi connectivity index (χ3n) is 3.42. The van der Waals surface area contributed by atoms with E-state index in [0.717, 1.165) is 24.4 Å². The largest absolute Gasteiger partial charge is 0.492 e. The van der Waals surface area contributed by atoms with Gasteiger partial charge in [-0.3, -0.25) is 4.90 Å². The monoisotopic (exact) mass is 290 g/mol. The first kappa shape index (κ1) is 14.9. The minimum absolute atomic E-state index is 0.517. The van der Waals surface area contributed by atoms with E-state index in [4.69, 9.17) is 10.5 Å². The molecule has 0 spiro atoms. The van der Waals surface area contributed by atoms with Crippen molar-refractivity contribution in [2.24, 2.45) is 0 Å². The number of hydrogen-bond donors (Lipinski definition) is 1. The highest BCUT2D eigenvalue weighted by Gasteiger charge is 2.10. The third-order valence-corrected chi connectivity index (χ3v) is 4.32. The maximum absolute atomic E-state index is 5.72. The highest BCUT2D eigenvalue weighted by atomic mass is 32.1. The third kappa shape index (κ3) is 4.54. The van der Waals surface area contributed by atoms with Gasteiger partial charge in [0.05, 0.1) is 0 Å². The molecular formula is C16H22N2OS. The van der Waals surface area contributed by atoms with Crippen LogP contribution in [0.25, 0.3) is 0 Å². The van der Waals surface area contributed by atoms with Crippen LogP contribution in [0, 0.1) is 0 Å². The molecule has 0 aliphatic heterocycles. The number of nitrogens with zero attached hydrogens (tertiary/aromatic N) is 1. The van der Waals surface area contributed by atoms with E-state index >= 15 is 0 Å². The fourth-order valence-electron chi connectivity index (χ4n) is 1.97. The Kier molecular flexibility index (Phi) is 5.44. The lowest BCUT2D eigenvalue weighted by molar-refractivity contribution is 0.199. The van der Waals surface area contributed by atoms with Gasteiger partial charge in [0.1, 0.15) is 12.4 Å². The van der Waals surface area contributed by atoms with Crippen molar-refractivity contribution in [2.75, 3.05) is 25.9 Å². The first-order chi connectivity index (χ1) is 9.65. The van der Waals surface area contributed by atoms with Gasteiger partial charge in [-0.1, -0.05) is 6.07 Å². The molecule has 1 aromatic carbocycles. The Morgan fingerprint density at radius 1 is 1.25 bits per heavy atom. The molecule has 1 heterocycles. The van der Waals surface area contributed by atoms with Crippen LogP contribution < -0.4 is 10.5 Å². The lowest BCUT2D eigenvalue weighted by Crippen LogP contribution is -2.34. The van der Waals surface area contributed by atoms with E-state index in [1.54, 1.807) is 0 Å². The summed E-state index contributed by atoms with van der Waals surface area (Å²) in [5.41, 5.74) is 6.41. The molecule has 4 heteroatoms. The highest BCUT2D eigenvalue weighted by molar-refractivity contribution is 7.09. The van der Waals surface area contributed by atoms with Crippen molar-refractivity contribution >= 4 is 17.0 Å². The normalized spacial score (nSPS) is 12.6. The second-order valence-electron chi connectivity index (χ2n) is 5.03. The SMILES string of the molecule is CC(Cc1cccs1)N(C)CCOc1ccc(N)cc1. The number of ether oxygens (including phenoxy) is 1. The molecule has 0 aliphatic carbocycles. The summed E-state index contributed by atoms with van der Waals surface area (Å²) in [7, 11) is 2.14. The lowest BCUT2D eigenvalue weighted by Gasteiger charge is -2.24. The summed E-state index contributed by atoms with van der Waals surface area (Å²) < 4.78 is 5.72. The Bertz CT molecular complexity index is 496. The Morgan fingerprint density at radius 2 is 2.00 bits per heavy atom. The van der Waals surface area contributed by atoms with Gasteiger partial charge in [0.25, 0.3) is 0 Å². The zero-order valence-corrected chi connectivity index (χ0v) is 12.9. The van der Waals surface area contributed by atoms with Crippen molar-refractivity contribution in [2.45, 2.75) is 19.4 Å². The molecule has 3 nitrogen and oxygen atoms in total. The summed E-state index contributed by atoms with van der Waals surface area (Å²) in [6.07, 6.45) is 1.09. The molecule has 0 saturated carbocycles. The van der Waals surface area contributed by atoms with Gasteiger partial charge in [-0.05, 0) is 56.1 Å². The minimum atomic E-state index is 0.517. The predicted octanol–water partition coefficient (Wildman–Crippen LogP) is 3.27. The Balaban J connectivity index is 1.71. The van der Waals surface area contributed by atoms with Gasteiger partial charge in [0, 0.05) is 23.2 Å². The minimum Gasteiger partial charge on any atom is -0.492 e. The van der Waals surface area contributed by atoms with Crippen LogP contribution in [0.2, 0.25) is 0 Å². The predicted molar refractivity (Wildman–Crippen MR) is 86.5 cm³/mol. The molecule has 0 saturated heterocycles. The van der Waals surface area contributed by atoms with Gasteiger partial charge in [-0.25, -0.2) is 0 Å². The van der Waals surface area contributed by atoms with Crippen molar-refractivity contribution in [3.8, 4) is 5.75 Å². The van der Waals surface area contributed by atoms with Crippen LogP contribution in [0.3, 0.4) is 0 Å². The summed E-state index contributed by atoms with van der Waals surface area (Å²) in [5.74, 6) is 0.874. The molecule has 108 valence electrons. The number of rotatable bonds is 7. The Morgan fingerprint density at radius 3 is 2.65 bits per heavy atom. The number of thiophene rings is 1. The van der Waals surface area contributed by atoms with Crippen LogP contribution >= 0.6 is 11.3 Å². The van der Waals surface area contributed by atoms with Crippen molar-refractivity contribution in [3.63, 3.8) is 0 Å². The fraction of sp³-hybridized carbons (Fsp3) is 0.375. The van der Waals surface area contributed by atoms with Gasteiger partial charge in [-0.15, -0.1) is 11.3 Å². The molecule has 0 radical (unpaired) electrons. The quantitative estimate of drug-likeness (QED) is 0.795. The average molecular weight is 290 g/mol. The molecule has 1 unspecified atom stereocenters. The van der Waals surface area contributed by atoms with Gasteiger partial charge >= 0.3 is 0 Å². The van der Waals surface area contributed by atoms with Crippen molar-refractivity contribution in [1.29, 1.82) is 0 Å². The smallest absolute Gasteiger partial charge is 0.119 e.